The van der Waals surface area contributed by atoms with Gasteiger partial charge < -0.3 is 0 Å². The zero-order valence-corrected chi connectivity index (χ0v) is 42.4. The summed E-state index contributed by atoms with van der Waals surface area (Å²) in [6, 6.07) is 0. The Morgan fingerprint density at radius 2 is 1.26 bits per heavy atom. The molecule has 336 valence electrons. The highest BCUT2D eigenvalue weighted by molar-refractivity contribution is 5.20. The van der Waals surface area contributed by atoms with E-state index in [0.29, 0.717) is 21.7 Å². The van der Waals surface area contributed by atoms with Crippen LogP contribution in [0.25, 0.3) is 0 Å². The third-order valence-corrected chi connectivity index (χ3v) is 24.4. The van der Waals surface area contributed by atoms with Crippen LogP contribution in [0.5, 0.6) is 0 Å². The van der Waals surface area contributed by atoms with Crippen molar-refractivity contribution in [1.29, 1.82) is 0 Å². The van der Waals surface area contributed by atoms with E-state index in [1.807, 2.05) is 0 Å². The lowest BCUT2D eigenvalue weighted by Crippen LogP contribution is -2.71. The molecule has 7 rings (SSSR count). The molecule has 20 unspecified atom stereocenters. The molecule has 7 aliphatic carbocycles. The summed E-state index contributed by atoms with van der Waals surface area (Å²) < 4.78 is 0. The molecule has 0 bridgehead atoms. The van der Waals surface area contributed by atoms with Gasteiger partial charge in [0.1, 0.15) is 0 Å². The van der Waals surface area contributed by atoms with Crippen LogP contribution >= 0.6 is 0 Å². The largest absolute Gasteiger partial charge is 0.0625 e. The van der Waals surface area contributed by atoms with Crippen molar-refractivity contribution >= 4 is 0 Å². The Labute approximate surface area is 365 Å². The Bertz CT molecular complexity index is 1360. The van der Waals surface area contributed by atoms with Crippen molar-refractivity contribution in [3.63, 3.8) is 0 Å². The highest BCUT2D eigenvalue weighted by Gasteiger charge is 2.72. The lowest BCUT2D eigenvalue weighted by molar-refractivity contribution is -0.291. The Balaban J connectivity index is 0.949. The normalized spacial score (nSPS) is 53.0. The van der Waals surface area contributed by atoms with E-state index in [1.165, 1.54) is 89.9 Å². The maximum atomic E-state index is 2.85. The molecule has 0 aromatic rings. The first-order valence-corrected chi connectivity index (χ1v) is 27.1. The predicted molar refractivity (Wildman–Crippen MR) is 253 cm³/mol. The van der Waals surface area contributed by atoms with Crippen molar-refractivity contribution in [2.45, 2.75) is 220 Å². The third kappa shape index (κ3) is 7.43. The van der Waals surface area contributed by atoms with Gasteiger partial charge in [-0.25, -0.2) is 0 Å². The van der Waals surface area contributed by atoms with E-state index in [9.17, 15) is 0 Å². The van der Waals surface area contributed by atoms with Crippen molar-refractivity contribution in [3.8, 4) is 0 Å². The Kier molecular flexibility index (Phi) is 13.4. The molecule has 0 aromatic heterocycles. The van der Waals surface area contributed by atoms with Crippen LogP contribution in [0.2, 0.25) is 0 Å². The maximum Gasteiger partial charge on any atom is -0.0212 e. The van der Waals surface area contributed by atoms with Crippen molar-refractivity contribution in [3.05, 3.63) is 0 Å². The fourth-order valence-electron chi connectivity index (χ4n) is 21.2. The molecule has 0 radical (unpaired) electrons. The molecule has 0 aromatic carbocycles. The summed E-state index contributed by atoms with van der Waals surface area (Å²) in [5.41, 5.74) is 1.81. The zero-order valence-electron chi connectivity index (χ0n) is 42.4. The van der Waals surface area contributed by atoms with Crippen molar-refractivity contribution < 1.29 is 0 Å². The van der Waals surface area contributed by atoms with Crippen molar-refractivity contribution in [1.82, 2.24) is 0 Å². The molecule has 0 aliphatic heterocycles. The molecule has 0 heteroatoms. The molecule has 0 N–H and O–H groups in total. The summed E-state index contributed by atoms with van der Waals surface area (Å²) in [6.45, 7) is 46.0. The van der Waals surface area contributed by atoms with Crippen LogP contribution in [-0.4, -0.2) is 0 Å². The van der Waals surface area contributed by atoms with Crippen molar-refractivity contribution in [2.24, 2.45) is 146 Å². The zero-order chi connectivity index (χ0) is 42.4. The first-order valence-electron chi connectivity index (χ1n) is 27.1. The molecule has 0 nitrogen and oxygen atoms in total. The number of hydrogen-bond donors (Lipinski definition) is 0. The van der Waals surface area contributed by atoms with Crippen LogP contribution in [0.3, 0.4) is 0 Å². The van der Waals surface area contributed by atoms with Gasteiger partial charge in [0.05, 0.1) is 0 Å². The average molecular weight is 801 g/mol. The minimum atomic E-state index is 0.408. The standard InChI is InChI=1S/C58H104/c1-34(2)49-20-18-19-47-31-48(26-28-51(47)49)55(13,14)33-45-23-21-44(22-24-45)29-36(5)30-46-25-27-50-40(9)57(16)43(12)56(15)32-37(6)52(35(3)4)41(10)58(56,17)42(11)54(57)39(8)53(50)38(46)7/h34-54H,18-33H2,1-17H3. The topological polar surface area (TPSA) is 0 Å². The molecule has 7 aliphatic rings. The van der Waals surface area contributed by atoms with Crippen LogP contribution < -0.4 is 0 Å². The molecule has 0 heterocycles. The highest BCUT2D eigenvalue weighted by atomic mass is 14.8. The van der Waals surface area contributed by atoms with E-state index in [0.717, 1.165) is 124 Å². The minimum absolute atomic E-state index is 0.408. The molecule has 0 spiro atoms. The second-order valence-electron chi connectivity index (χ2n) is 27.4. The lowest BCUT2D eigenvalue weighted by atomic mass is 9.28. The number of rotatable bonds is 9. The molecular formula is C58H104. The quantitative estimate of drug-likeness (QED) is 0.218. The van der Waals surface area contributed by atoms with Gasteiger partial charge in [-0.2, -0.15) is 0 Å². The van der Waals surface area contributed by atoms with E-state index < -0.39 is 0 Å². The molecule has 20 atom stereocenters. The highest BCUT2D eigenvalue weighted by Crippen LogP contribution is 2.78. The molecular weight excluding hydrogens is 697 g/mol. The van der Waals surface area contributed by atoms with Crippen LogP contribution in [0.15, 0.2) is 0 Å². The van der Waals surface area contributed by atoms with Gasteiger partial charge in [-0.15, -0.1) is 0 Å². The van der Waals surface area contributed by atoms with Gasteiger partial charge in [0.25, 0.3) is 0 Å². The monoisotopic (exact) mass is 801 g/mol. The number of fused-ring (bicyclic) bond motifs is 4. The summed E-state index contributed by atoms with van der Waals surface area (Å²) >= 11 is 0. The third-order valence-electron chi connectivity index (χ3n) is 24.4. The Morgan fingerprint density at radius 1 is 0.621 bits per heavy atom. The summed E-state index contributed by atoms with van der Waals surface area (Å²) in [5.74, 6) is 18.9. The van der Waals surface area contributed by atoms with Gasteiger partial charge >= 0.3 is 0 Å². The van der Waals surface area contributed by atoms with Gasteiger partial charge in [-0.1, -0.05) is 156 Å². The van der Waals surface area contributed by atoms with E-state index in [-0.39, 0.29) is 0 Å². The lowest BCUT2D eigenvalue weighted by Gasteiger charge is -2.77. The number of hydrogen-bond acceptors (Lipinski definition) is 0. The van der Waals surface area contributed by atoms with Crippen LogP contribution in [0.1, 0.15) is 220 Å². The first kappa shape index (κ1) is 46.0. The molecule has 7 saturated carbocycles. The molecule has 58 heavy (non-hydrogen) atoms. The first-order chi connectivity index (χ1) is 27.1. The van der Waals surface area contributed by atoms with Crippen LogP contribution in [0, 0.1) is 146 Å². The van der Waals surface area contributed by atoms with Gasteiger partial charge in [-0.3, -0.25) is 0 Å². The summed E-state index contributed by atoms with van der Waals surface area (Å²) in [5, 5.41) is 0. The molecule has 0 amide bonds. The van der Waals surface area contributed by atoms with E-state index in [2.05, 4.69) is 118 Å². The van der Waals surface area contributed by atoms with Crippen LogP contribution in [-0.2, 0) is 0 Å². The van der Waals surface area contributed by atoms with Gasteiger partial charge in [0.15, 0.2) is 0 Å². The van der Waals surface area contributed by atoms with Gasteiger partial charge in [0, 0.05) is 0 Å². The SMILES string of the molecule is CC(CC1CCC(CC(C)(C)C2CCC3C(CCCC3C(C)C)C2)CC1)CC1CCC2C(C1C)C(C)C1C(C)C3(C)C(C)C(C(C)C)C(C)CC3(C)C(C)C1(C)C2C. The van der Waals surface area contributed by atoms with Gasteiger partial charge in [-0.05, 0) is 210 Å². The summed E-state index contributed by atoms with van der Waals surface area (Å²) in [6.07, 6.45) is 24.3. The maximum absolute atomic E-state index is 2.85. The molecule has 0 saturated heterocycles. The molecule has 7 fully saturated rings. The second-order valence-corrected chi connectivity index (χ2v) is 27.4. The van der Waals surface area contributed by atoms with Crippen LogP contribution in [0.4, 0.5) is 0 Å². The predicted octanol–water partition coefficient (Wildman–Crippen LogP) is 17.5. The minimum Gasteiger partial charge on any atom is -0.0625 e. The Morgan fingerprint density at radius 3 is 1.90 bits per heavy atom. The fraction of sp³-hybridized carbons (Fsp3) is 1.00. The fourth-order valence-corrected chi connectivity index (χ4v) is 21.2. The average Bonchev–Trinajstić information content (AvgIpc) is 3.16. The Hall–Kier alpha value is 0. The summed E-state index contributed by atoms with van der Waals surface area (Å²) in [7, 11) is 0. The smallest absolute Gasteiger partial charge is 0.0212 e. The second kappa shape index (κ2) is 16.8. The van der Waals surface area contributed by atoms with E-state index >= 15 is 0 Å². The van der Waals surface area contributed by atoms with Crippen molar-refractivity contribution in [2.75, 3.05) is 0 Å². The van der Waals surface area contributed by atoms with Gasteiger partial charge in [0.2, 0.25) is 0 Å². The van der Waals surface area contributed by atoms with E-state index in [1.54, 1.807) is 12.8 Å². The van der Waals surface area contributed by atoms with E-state index in [4.69, 9.17) is 0 Å². The summed E-state index contributed by atoms with van der Waals surface area (Å²) in [4.78, 5) is 0.